The van der Waals surface area contributed by atoms with Gasteiger partial charge in [0, 0.05) is 36.5 Å². The summed E-state index contributed by atoms with van der Waals surface area (Å²) >= 11 is 0. The first-order valence-corrected chi connectivity index (χ1v) is 12.9. The molecule has 0 unspecified atom stereocenters. The van der Waals surface area contributed by atoms with Crippen molar-refractivity contribution in [1.82, 2.24) is 0 Å². The molecule has 4 fully saturated rings. The largest absolute Gasteiger partial charge is 0.465 e. The van der Waals surface area contributed by atoms with Crippen LogP contribution in [-0.4, -0.2) is 37.2 Å². The molecule has 8 atom stereocenters. The molecule has 6 nitrogen and oxygen atoms in total. The molecule has 3 aliphatic carbocycles. The quantitative estimate of drug-likeness (QED) is 0.411. The van der Waals surface area contributed by atoms with Crippen LogP contribution in [0, 0.1) is 45.8 Å². The summed E-state index contributed by atoms with van der Waals surface area (Å²) in [5.74, 6) is 0.0898. The molecule has 33 heavy (non-hydrogen) atoms. The zero-order valence-electron chi connectivity index (χ0n) is 21.2. The van der Waals surface area contributed by atoms with Gasteiger partial charge < -0.3 is 19.0 Å². The molecule has 0 aromatic heterocycles. The molecule has 0 bridgehead atoms. The van der Waals surface area contributed by atoms with E-state index < -0.39 is 11.7 Å². The fourth-order valence-corrected chi connectivity index (χ4v) is 8.47. The Hall–Kier alpha value is -1.43. The third-order valence-corrected chi connectivity index (χ3v) is 9.68. The third kappa shape index (κ3) is 4.04. The van der Waals surface area contributed by atoms with Gasteiger partial charge in [-0.05, 0) is 54.8 Å². The van der Waals surface area contributed by atoms with Gasteiger partial charge in [-0.2, -0.15) is 0 Å². The van der Waals surface area contributed by atoms with Crippen molar-refractivity contribution in [3.63, 3.8) is 0 Å². The van der Waals surface area contributed by atoms with Crippen LogP contribution in [0.3, 0.4) is 0 Å². The number of hydrogen-bond donors (Lipinski definition) is 0. The van der Waals surface area contributed by atoms with Gasteiger partial charge in [0.1, 0.15) is 6.29 Å². The van der Waals surface area contributed by atoms with Crippen LogP contribution in [-0.2, 0) is 28.6 Å². The second-order valence-corrected chi connectivity index (χ2v) is 12.6. The van der Waals surface area contributed by atoms with Crippen molar-refractivity contribution in [3.8, 4) is 0 Å². The van der Waals surface area contributed by atoms with Crippen molar-refractivity contribution < 1.29 is 28.6 Å². The highest BCUT2D eigenvalue weighted by Crippen LogP contribution is 2.71. The van der Waals surface area contributed by atoms with Gasteiger partial charge in [0.15, 0.2) is 0 Å². The summed E-state index contributed by atoms with van der Waals surface area (Å²) in [5.41, 5.74) is -0.220. The molecule has 0 radical (unpaired) electrons. The maximum absolute atomic E-state index is 12.6. The van der Waals surface area contributed by atoms with E-state index in [2.05, 4.69) is 20.8 Å². The van der Waals surface area contributed by atoms with Crippen LogP contribution in [0.2, 0.25) is 0 Å². The van der Waals surface area contributed by atoms with Crippen molar-refractivity contribution in [2.45, 2.75) is 98.9 Å². The maximum Gasteiger partial charge on any atom is 0.306 e. The van der Waals surface area contributed by atoms with E-state index in [1.807, 2.05) is 13.8 Å². The molecule has 0 N–H and O–H groups in total. The first kappa shape index (κ1) is 24.7. The molecule has 4 aliphatic rings. The van der Waals surface area contributed by atoms with E-state index in [0.717, 1.165) is 32.0 Å². The van der Waals surface area contributed by atoms with Gasteiger partial charge in [0.25, 0.3) is 0 Å². The SMILES string of the molecule is CC(=O)O[C@H]1O[C@H]2[C@@H]1C[C@@H](C=O)[C@]1(COC(=O)CC(C)C)CC[C@H]3C(C)(C)CCC[C@]3(C)[C@@H]21. The lowest BCUT2D eigenvalue weighted by Crippen LogP contribution is -2.71. The Morgan fingerprint density at radius 3 is 2.52 bits per heavy atom. The lowest BCUT2D eigenvalue weighted by molar-refractivity contribution is -0.361. The molecule has 0 aromatic rings. The third-order valence-electron chi connectivity index (χ3n) is 9.68. The number of carbonyl (C=O) groups is 3. The number of rotatable bonds is 6. The average Bonchev–Trinajstić information content (AvgIpc) is 2.69. The fraction of sp³-hybridized carbons (Fsp3) is 0.889. The van der Waals surface area contributed by atoms with Crippen LogP contribution in [0.5, 0.6) is 0 Å². The number of aldehydes is 1. The monoisotopic (exact) mass is 462 g/mol. The minimum absolute atomic E-state index is 0.0176. The molecule has 1 saturated heterocycles. The molecule has 186 valence electrons. The number of ether oxygens (including phenoxy) is 3. The highest BCUT2D eigenvalue weighted by Gasteiger charge is 2.71. The van der Waals surface area contributed by atoms with E-state index in [4.69, 9.17) is 14.2 Å². The molecule has 0 aromatic carbocycles. The lowest BCUT2D eigenvalue weighted by Gasteiger charge is -2.70. The van der Waals surface area contributed by atoms with Crippen LogP contribution in [0.25, 0.3) is 0 Å². The van der Waals surface area contributed by atoms with Crippen molar-refractivity contribution in [1.29, 1.82) is 0 Å². The number of esters is 2. The highest BCUT2D eigenvalue weighted by molar-refractivity contribution is 5.69. The Kier molecular flexibility index (Phi) is 6.48. The van der Waals surface area contributed by atoms with Gasteiger partial charge in [-0.1, -0.05) is 41.0 Å². The van der Waals surface area contributed by atoms with E-state index in [1.165, 1.54) is 13.3 Å². The van der Waals surface area contributed by atoms with Gasteiger partial charge in [-0.15, -0.1) is 0 Å². The first-order valence-electron chi connectivity index (χ1n) is 12.9. The van der Waals surface area contributed by atoms with Crippen molar-refractivity contribution in [2.24, 2.45) is 45.8 Å². The summed E-state index contributed by atoms with van der Waals surface area (Å²) < 4.78 is 17.7. The van der Waals surface area contributed by atoms with Crippen molar-refractivity contribution in [2.75, 3.05) is 6.61 Å². The zero-order valence-corrected chi connectivity index (χ0v) is 21.2. The maximum atomic E-state index is 12.6. The van der Waals surface area contributed by atoms with Crippen LogP contribution in [0.4, 0.5) is 0 Å². The van der Waals surface area contributed by atoms with Crippen LogP contribution in [0.15, 0.2) is 0 Å². The first-order chi connectivity index (χ1) is 15.4. The number of hydrogen-bond acceptors (Lipinski definition) is 6. The molecule has 3 saturated carbocycles. The van der Waals surface area contributed by atoms with E-state index in [-0.39, 0.29) is 59.2 Å². The summed E-state index contributed by atoms with van der Waals surface area (Å²) in [7, 11) is 0. The normalized spacial score (nSPS) is 43.4. The van der Waals surface area contributed by atoms with Gasteiger partial charge in [-0.25, -0.2) is 0 Å². The Balaban J connectivity index is 1.71. The zero-order chi connectivity index (χ0) is 24.2. The van der Waals surface area contributed by atoms with Crippen LogP contribution < -0.4 is 0 Å². The second-order valence-electron chi connectivity index (χ2n) is 12.6. The topological polar surface area (TPSA) is 78.9 Å². The number of fused-ring (bicyclic) bond motifs is 5. The molecule has 1 aliphatic heterocycles. The molecule has 0 amide bonds. The fourth-order valence-electron chi connectivity index (χ4n) is 8.47. The summed E-state index contributed by atoms with van der Waals surface area (Å²) in [6.45, 7) is 12.8. The minimum atomic E-state index is -0.572. The van der Waals surface area contributed by atoms with Crippen LogP contribution in [0.1, 0.15) is 86.5 Å². The molecule has 1 heterocycles. The lowest BCUT2D eigenvalue weighted by atomic mass is 9.37. The van der Waals surface area contributed by atoms with E-state index >= 15 is 0 Å². The molecule has 6 heteroatoms. The Labute approximate surface area is 198 Å². The van der Waals surface area contributed by atoms with E-state index in [9.17, 15) is 14.4 Å². The van der Waals surface area contributed by atoms with Crippen molar-refractivity contribution in [3.05, 3.63) is 0 Å². The number of carbonyl (C=O) groups excluding carboxylic acids is 3. The second kappa shape index (κ2) is 8.66. The van der Waals surface area contributed by atoms with Gasteiger partial charge in [-0.3, -0.25) is 9.59 Å². The van der Waals surface area contributed by atoms with E-state index in [0.29, 0.717) is 18.8 Å². The van der Waals surface area contributed by atoms with Crippen molar-refractivity contribution >= 4 is 18.2 Å². The molecular weight excluding hydrogens is 420 g/mol. The standard InChI is InChI=1S/C27H42O6/c1-16(2)12-21(30)31-15-27-11-8-20-25(4,5)9-7-10-26(20,6)23(27)22-19(13-18(27)14-28)24(33-22)32-17(3)29/h14,16,18-20,22-24H,7-13,15H2,1-6H3/t18-,19-,20-,22-,23+,24-,26-,27+/m0/s1. The smallest absolute Gasteiger partial charge is 0.306 e. The Bertz CT molecular complexity index is 789. The van der Waals surface area contributed by atoms with Gasteiger partial charge in [0.05, 0.1) is 12.7 Å². The Morgan fingerprint density at radius 2 is 1.88 bits per heavy atom. The average molecular weight is 463 g/mol. The van der Waals surface area contributed by atoms with Gasteiger partial charge in [0.2, 0.25) is 6.29 Å². The van der Waals surface area contributed by atoms with Gasteiger partial charge >= 0.3 is 11.9 Å². The predicted molar refractivity (Wildman–Crippen MR) is 123 cm³/mol. The summed E-state index contributed by atoms with van der Waals surface area (Å²) in [6, 6.07) is 0. The van der Waals surface area contributed by atoms with Crippen LogP contribution >= 0.6 is 0 Å². The summed E-state index contributed by atoms with van der Waals surface area (Å²) in [6.07, 6.45) is 6.79. The minimum Gasteiger partial charge on any atom is -0.465 e. The summed E-state index contributed by atoms with van der Waals surface area (Å²) in [4.78, 5) is 36.7. The molecule has 0 spiro atoms. The summed E-state index contributed by atoms with van der Waals surface area (Å²) in [5, 5.41) is 0. The molecule has 4 rings (SSSR count). The van der Waals surface area contributed by atoms with E-state index in [1.54, 1.807) is 0 Å². The highest BCUT2D eigenvalue weighted by atomic mass is 16.7. The molecular formula is C27H42O6. The Morgan fingerprint density at radius 1 is 1.15 bits per heavy atom. The predicted octanol–water partition coefficient (Wildman–Crippen LogP) is 4.93.